The fourth-order valence-electron chi connectivity index (χ4n) is 1.23. The van der Waals surface area contributed by atoms with Gasteiger partial charge >= 0.3 is 0 Å². The van der Waals surface area contributed by atoms with Crippen LogP contribution in [0.3, 0.4) is 0 Å². The first-order valence-corrected chi connectivity index (χ1v) is 5.09. The first-order valence-electron chi connectivity index (χ1n) is 5.09. The van der Waals surface area contributed by atoms with Crippen LogP contribution < -0.4 is 0 Å². The molecule has 0 aliphatic heterocycles. The third kappa shape index (κ3) is 2.45. The largest absolute Gasteiger partial charge is 0.275 e. The topological polar surface area (TPSA) is 43.6 Å². The summed E-state index contributed by atoms with van der Waals surface area (Å²) in [4.78, 5) is 8.36. The minimum Gasteiger partial charge on any atom is -0.275 e. The summed E-state index contributed by atoms with van der Waals surface area (Å²) < 4.78 is 1.72. The van der Waals surface area contributed by atoms with E-state index in [9.17, 15) is 0 Å². The van der Waals surface area contributed by atoms with Crippen molar-refractivity contribution in [1.82, 2.24) is 19.7 Å². The van der Waals surface area contributed by atoms with Crippen molar-refractivity contribution < 1.29 is 0 Å². The predicted octanol–water partition coefficient (Wildman–Crippen LogP) is 1.17. The summed E-state index contributed by atoms with van der Waals surface area (Å²) in [5.74, 6) is 6.84. The lowest BCUT2D eigenvalue weighted by molar-refractivity contribution is 0.767. The van der Waals surface area contributed by atoms with Gasteiger partial charge in [-0.2, -0.15) is 5.10 Å². The van der Waals surface area contributed by atoms with Crippen LogP contribution in [0.4, 0.5) is 0 Å². The van der Waals surface area contributed by atoms with Crippen molar-refractivity contribution in [3.05, 3.63) is 41.7 Å². The Morgan fingerprint density at radius 3 is 2.38 bits per heavy atom. The van der Waals surface area contributed by atoms with Crippen molar-refractivity contribution in [3.63, 3.8) is 0 Å². The minimum absolute atomic E-state index is 0.820. The van der Waals surface area contributed by atoms with Crippen molar-refractivity contribution in [3.8, 4) is 11.8 Å². The predicted molar refractivity (Wildman–Crippen MR) is 60.6 cm³/mol. The summed E-state index contributed by atoms with van der Waals surface area (Å²) in [6.07, 6.45) is 7.93. The van der Waals surface area contributed by atoms with Gasteiger partial charge in [-0.05, 0) is 0 Å². The van der Waals surface area contributed by atoms with Gasteiger partial charge in [-0.15, -0.1) is 0 Å². The Kier molecular flexibility index (Phi) is 2.97. The second kappa shape index (κ2) is 4.58. The van der Waals surface area contributed by atoms with E-state index in [-0.39, 0.29) is 0 Å². The Morgan fingerprint density at radius 2 is 1.81 bits per heavy atom. The van der Waals surface area contributed by atoms with E-state index >= 15 is 0 Å². The highest BCUT2D eigenvalue weighted by atomic mass is 15.2. The monoisotopic (exact) mass is 212 g/mol. The zero-order valence-electron chi connectivity index (χ0n) is 9.31. The fraction of sp³-hybridized carbons (Fsp3) is 0.250. The van der Waals surface area contributed by atoms with Gasteiger partial charge in [-0.25, -0.2) is 9.97 Å². The molecule has 4 heteroatoms. The van der Waals surface area contributed by atoms with Gasteiger partial charge in [0.2, 0.25) is 0 Å². The van der Waals surface area contributed by atoms with E-state index in [2.05, 4.69) is 26.9 Å². The lowest BCUT2D eigenvalue weighted by Crippen LogP contribution is -1.91. The quantitative estimate of drug-likeness (QED) is 0.666. The molecule has 2 aromatic rings. The molecule has 0 N–H and O–H groups in total. The van der Waals surface area contributed by atoms with Crippen LogP contribution in [0.15, 0.2) is 24.8 Å². The molecule has 0 spiro atoms. The van der Waals surface area contributed by atoms with Crippen LogP contribution in [0.25, 0.3) is 0 Å². The zero-order valence-corrected chi connectivity index (χ0v) is 9.31. The molecule has 0 amide bonds. The van der Waals surface area contributed by atoms with Gasteiger partial charge in [0.25, 0.3) is 0 Å². The Labute approximate surface area is 94.4 Å². The van der Waals surface area contributed by atoms with E-state index in [1.54, 1.807) is 23.3 Å². The molecule has 2 heterocycles. The van der Waals surface area contributed by atoms with Crippen LogP contribution in [-0.4, -0.2) is 19.7 Å². The number of nitrogens with zero attached hydrogens (tertiary/aromatic N) is 4. The second-order valence-electron chi connectivity index (χ2n) is 3.39. The van der Waals surface area contributed by atoms with Crippen LogP contribution in [0, 0.1) is 11.8 Å². The molecule has 0 aliphatic rings. The molecule has 0 unspecified atom stereocenters. The number of aromatic nitrogens is 4. The SMILES string of the molecule is CCc1ncc(C#Cc2cnn(C)c2)cn1. The number of aryl methyl sites for hydroxylation is 2. The molecule has 2 rings (SSSR count). The molecule has 0 fully saturated rings. The molecule has 2 aromatic heterocycles. The third-order valence-corrected chi connectivity index (χ3v) is 2.08. The van der Waals surface area contributed by atoms with Crippen molar-refractivity contribution in [2.24, 2.45) is 7.05 Å². The third-order valence-electron chi connectivity index (χ3n) is 2.08. The van der Waals surface area contributed by atoms with Crippen LogP contribution in [0.2, 0.25) is 0 Å². The van der Waals surface area contributed by atoms with Crippen molar-refractivity contribution in [1.29, 1.82) is 0 Å². The van der Waals surface area contributed by atoms with Crippen LogP contribution in [0.1, 0.15) is 23.9 Å². The van der Waals surface area contributed by atoms with Gasteiger partial charge < -0.3 is 0 Å². The molecule has 0 atom stereocenters. The average molecular weight is 212 g/mol. The van der Waals surface area contributed by atoms with E-state index in [0.717, 1.165) is 23.4 Å². The Morgan fingerprint density at radius 1 is 1.12 bits per heavy atom. The van der Waals surface area contributed by atoms with E-state index in [1.165, 1.54) is 0 Å². The van der Waals surface area contributed by atoms with E-state index in [1.807, 2.05) is 20.2 Å². The molecular weight excluding hydrogens is 200 g/mol. The lowest BCUT2D eigenvalue weighted by atomic mass is 10.3. The van der Waals surface area contributed by atoms with Crippen molar-refractivity contribution in [2.45, 2.75) is 13.3 Å². The minimum atomic E-state index is 0.820. The standard InChI is InChI=1S/C12H12N4/c1-3-12-13-6-10(7-14-12)4-5-11-8-15-16(2)9-11/h6-9H,3H2,1-2H3. The van der Waals surface area contributed by atoms with Gasteiger partial charge in [0, 0.05) is 32.1 Å². The summed E-state index contributed by atoms with van der Waals surface area (Å²) in [5.41, 5.74) is 1.71. The van der Waals surface area contributed by atoms with Crippen molar-refractivity contribution >= 4 is 0 Å². The molecule has 4 nitrogen and oxygen atoms in total. The van der Waals surface area contributed by atoms with Gasteiger partial charge in [0.15, 0.2) is 0 Å². The summed E-state index contributed by atoms with van der Waals surface area (Å²) in [6.45, 7) is 2.02. The Hall–Kier alpha value is -2.15. The maximum Gasteiger partial charge on any atom is 0.128 e. The first-order chi connectivity index (χ1) is 7.78. The summed E-state index contributed by atoms with van der Waals surface area (Å²) in [7, 11) is 1.87. The second-order valence-corrected chi connectivity index (χ2v) is 3.39. The molecule has 0 aliphatic carbocycles. The highest BCUT2D eigenvalue weighted by molar-refractivity contribution is 5.38. The summed E-state index contributed by atoms with van der Waals surface area (Å²) in [6, 6.07) is 0. The molecule has 80 valence electrons. The molecule has 0 saturated heterocycles. The van der Waals surface area contributed by atoms with Crippen molar-refractivity contribution in [2.75, 3.05) is 0 Å². The fourth-order valence-corrected chi connectivity index (χ4v) is 1.23. The van der Waals surface area contributed by atoms with Gasteiger partial charge in [0.05, 0.1) is 17.3 Å². The zero-order chi connectivity index (χ0) is 11.4. The first kappa shape index (κ1) is 10.4. The smallest absolute Gasteiger partial charge is 0.128 e. The molecule has 16 heavy (non-hydrogen) atoms. The molecule has 0 aromatic carbocycles. The number of rotatable bonds is 1. The summed E-state index contributed by atoms with van der Waals surface area (Å²) in [5, 5.41) is 4.04. The highest BCUT2D eigenvalue weighted by Gasteiger charge is 1.93. The highest BCUT2D eigenvalue weighted by Crippen LogP contribution is 1.97. The van der Waals surface area contributed by atoms with Gasteiger partial charge in [0.1, 0.15) is 5.82 Å². The van der Waals surface area contributed by atoms with E-state index in [4.69, 9.17) is 0 Å². The van der Waals surface area contributed by atoms with Gasteiger partial charge in [-0.1, -0.05) is 18.8 Å². The maximum absolute atomic E-state index is 4.18. The van der Waals surface area contributed by atoms with E-state index < -0.39 is 0 Å². The van der Waals surface area contributed by atoms with E-state index in [0.29, 0.717) is 0 Å². The molecule has 0 radical (unpaired) electrons. The molecule has 0 bridgehead atoms. The van der Waals surface area contributed by atoms with Crippen LogP contribution in [0.5, 0.6) is 0 Å². The number of hydrogen-bond acceptors (Lipinski definition) is 3. The lowest BCUT2D eigenvalue weighted by Gasteiger charge is -1.92. The Balaban J connectivity index is 2.17. The maximum atomic E-state index is 4.18. The summed E-state index contributed by atoms with van der Waals surface area (Å²) >= 11 is 0. The number of hydrogen-bond donors (Lipinski definition) is 0. The molecule has 0 saturated carbocycles. The van der Waals surface area contributed by atoms with Gasteiger partial charge in [-0.3, -0.25) is 4.68 Å². The average Bonchev–Trinajstić information content (AvgIpc) is 2.73. The molecular formula is C12H12N4. The Bertz CT molecular complexity index is 528. The normalized spacial score (nSPS) is 9.62. The van der Waals surface area contributed by atoms with Crippen LogP contribution in [-0.2, 0) is 13.5 Å². The van der Waals surface area contributed by atoms with Crippen LogP contribution >= 0.6 is 0 Å².